The molecule has 3 N–H and O–H groups in total. The van der Waals surface area contributed by atoms with E-state index in [0.717, 1.165) is 5.76 Å². The average Bonchev–Trinajstić information content (AvgIpc) is 2.70. The van der Waals surface area contributed by atoms with Crippen molar-refractivity contribution in [3.05, 3.63) is 24.2 Å². The zero-order chi connectivity index (χ0) is 12.8. The summed E-state index contributed by atoms with van der Waals surface area (Å²) < 4.78 is 10.3. The van der Waals surface area contributed by atoms with E-state index in [0.29, 0.717) is 13.2 Å². The van der Waals surface area contributed by atoms with Crippen LogP contribution in [0.5, 0.6) is 0 Å². The van der Waals surface area contributed by atoms with E-state index in [1.807, 2.05) is 31.0 Å². The zero-order valence-electron chi connectivity index (χ0n) is 10.7. The maximum atomic E-state index is 9.71. The second-order valence-corrected chi connectivity index (χ2v) is 4.37. The molecular formula is C12H22N2O3. The Morgan fingerprint density at radius 2 is 2.29 bits per heavy atom. The Kier molecular flexibility index (Phi) is 5.64. The molecule has 3 atom stereocenters. The van der Waals surface area contributed by atoms with E-state index in [9.17, 15) is 5.11 Å². The van der Waals surface area contributed by atoms with Crippen LogP contribution in [0.1, 0.15) is 18.7 Å². The van der Waals surface area contributed by atoms with Gasteiger partial charge in [0, 0.05) is 19.7 Å². The highest BCUT2D eigenvalue weighted by atomic mass is 16.5. The molecule has 0 saturated carbocycles. The Balaban J connectivity index is 2.65. The lowest BCUT2D eigenvalue weighted by atomic mass is 10.1. The van der Waals surface area contributed by atoms with Crippen LogP contribution in [-0.4, -0.2) is 49.5 Å². The van der Waals surface area contributed by atoms with E-state index >= 15 is 0 Å². The molecule has 0 aromatic carbocycles. The Hall–Kier alpha value is -0.880. The van der Waals surface area contributed by atoms with E-state index in [1.165, 1.54) is 0 Å². The number of nitrogens with two attached hydrogens (primary N) is 1. The molecule has 0 aliphatic heterocycles. The smallest absolute Gasteiger partial charge is 0.122 e. The van der Waals surface area contributed by atoms with Gasteiger partial charge in [-0.25, -0.2) is 0 Å². The summed E-state index contributed by atoms with van der Waals surface area (Å²) in [5.41, 5.74) is 5.96. The monoisotopic (exact) mass is 242 g/mol. The summed E-state index contributed by atoms with van der Waals surface area (Å²) in [6.07, 6.45) is 1.10. The van der Waals surface area contributed by atoms with Crippen LogP contribution in [0.2, 0.25) is 0 Å². The van der Waals surface area contributed by atoms with Gasteiger partial charge < -0.3 is 20.0 Å². The fraction of sp³-hybridized carbons (Fsp3) is 0.667. The molecule has 0 radical (unpaired) electrons. The first-order chi connectivity index (χ1) is 8.06. The van der Waals surface area contributed by atoms with Crippen LogP contribution < -0.4 is 5.73 Å². The van der Waals surface area contributed by atoms with E-state index in [4.69, 9.17) is 14.9 Å². The summed E-state index contributed by atoms with van der Waals surface area (Å²) in [4.78, 5) is 1.98. The quantitative estimate of drug-likeness (QED) is 0.733. The Morgan fingerprint density at radius 1 is 1.59 bits per heavy atom. The van der Waals surface area contributed by atoms with Gasteiger partial charge in [-0.2, -0.15) is 0 Å². The van der Waals surface area contributed by atoms with Crippen LogP contribution >= 0.6 is 0 Å². The van der Waals surface area contributed by atoms with Crippen molar-refractivity contribution in [2.75, 3.05) is 27.3 Å². The largest absolute Gasteiger partial charge is 0.468 e. The first kappa shape index (κ1) is 14.2. The Bertz CT molecular complexity index is 301. The van der Waals surface area contributed by atoms with E-state index in [-0.39, 0.29) is 12.1 Å². The number of aliphatic hydroxyl groups is 1. The van der Waals surface area contributed by atoms with E-state index < -0.39 is 6.10 Å². The van der Waals surface area contributed by atoms with Crippen LogP contribution in [0.25, 0.3) is 0 Å². The number of hydrogen-bond donors (Lipinski definition) is 2. The summed E-state index contributed by atoms with van der Waals surface area (Å²) in [5, 5.41) is 9.71. The fourth-order valence-corrected chi connectivity index (χ4v) is 2.03. The second-order valence-electron chi connectivity index (χ2n) is 4.37. The summed E-state index contributed by atoms with van der Waals surface area (Å²) in [7, 11) is 3.48. The average molecular weight is 242 g/mol. The van der Waals surface area contributed by atoms with Crippen molar-refractivity contribution in [2.24, 2.45) is 5.73 Å². The minimum atomic E-state index is -0.527. The molecule has 1 heterocycles. The molecule has 0 fully saturated rings. The summed E-state index contributed by atoms with van der Waals surface area (Å²) in [5.74, 6) is 0.812. The van der Waals surface area contributed by atoms with Crippen molar-refractivity contribution in [3.63, 3.8) is 0 Å². The van der Waals surface area contributed by atoms with Crippen molar-refractivity contribution >= 4 is 0 Å². The normalized spacial score (nSPS) is 17.1. The van der Waals surface area contributed by atoms with Crippen molar-refractivity contribution in [1.29, 1.82) is 0 Å². The molecule has 0 spiro atoms. The van der Waals surface area contributed by atoms with Gasteiger partial charge in [-0.05, 0) is 26.1 Å². The first-order valence-electron chi connectivity index (χ1n) is 5.72. The Morgan fingerprint density at radius 3 is 2.76 bits per heavy atom. The fourth-order valence-electron chi connectivity index (χ4n) is 2.03. The summed E-state index contributed by atoms with van der Waals surface area (Å²) in [6, 6.07) is 3.61. The number of ether oxygens (including phenoxy) is 1. The first-order valence-corrected chi connectivity index (χ1v) is 5.72. The van der Waals surface area contributed by atoms with Crippen molar-refractivity contribution in [2.45, 2.75) is 25.1 Å². The predicted octanol–water partition coefficient (Wildman–Crippen LogP) is 0.607. The van der Waals surface area contributed by atoms with Gasteiger partial charge in [0.05, 0.1) is 25.0 Å². The highest BCUT2D eigenvalue weighted by Crippen LogP contribution is 2.22. The third-order valence-corrected chi connectivity index (χ3v) is 2.67. The molecule has 3 unspecified atom stereocenters. The molecule has 98 valence electrons. The molecule has 0 amide bonds. The predicted molar refractivity (Wildman–Crippen MR) is 65.6 cm³/mol. The van der Waals surface area contributed by atoms with Crippen molar-refractivity contribution < 1.29 is 14.3 Å². The zero-order valence-corrected chi connectivity index (χ0v) is 10.7. The number of aliphatic hydroxyl groups excluding tert-OH is 1. The minimum Gasteiger partial charge on any atom is -0.468 e. The Labute approximate surface area is 102 Å². The van der Waals surface area contributed by atoms with Gasteiger partial charge in [-0.1, -0.05) is 0 Å². The molecule has 0 saturated heterocycles. The van der Waals surface area contributed by atoms with Gasteiger partial charge in [0.15, 0.2) is 0 Å². The molecular weight excluding hydrogens is 220 g/mol. The molecule has 17 heavy (non-hydrogen) atoms. The van der Waals surface area contributed by atoms with Crippen LogP contribution in [0, 0.1) is 0 Å². The highest BCUT2D eigenvalue weighted by Gasteiger charge is 2.25. The van der Waals surface area contributed by atoms with Crippen molar-refractivity contribution in [1.82, 2.24) is 4.90 Å². The molecule has 0 bridgehead atoms. The van der Waals surface area contributed by atoms with Crippen LogP contribution in [0.4, 0.5) is 0 Å². The molecule has 5 heteroatoms. The third kappa shape index (κ3) is 4.12. The van der Waals surface area contributed by atoms with E-state index in [2.05, 4.69) is 0 Å². The van der Waals surface area contributed by atoms with Crippen molar-refractivity contribution in [3.8, 4) is 0 Å². The molecule has 1 aromatic heterocycles. The second kappa shape index (κ2) is 6.76. The van der Waals surface area contributed by atoms with E-state index in [1.54, 1.807) is 13.4 Å². The maximum Gasteiger partial charge on any atom is 0.122 e. The number of likely N-dealkylation sites (N-methyl/N-ethyl adjacent to an activating group) is 1. The number of rotatable bonds is 7. The lowest BCUT2D eigenvalue weighted by Gasteiger charge is -2.30. The lowest BCUT2D eigenvalue weighted by Crippen LogP contribution is -2.41. The topological polar surface area (TPSA) is 71.9 Å². The molecule has 1 aromatic rings. The third-order valence-electron chi connectivity index (χ3n) is 2.67. The van der Waals surface area contributed by atoms with Gasteiger partial charge in [-0.3, -0.25) is 4.90 Å². The molecule has 0 aliphatic carbocycles. The van der Waals surface area contributed by atoms with Crippen LogP contribution in [0.3, 0.4) is 0 Å². The number of nitrogens with zero attached hydrogens (tertiary/aromatic N) is 1. The number of hydrogen-bond acceptors (Lipinski definition) is 5. The molecule has 0 aliphatic rings. The van der Waals surface area contributed by atoms with Gasteiger partial charge >= 0.3 is 0 Å². The lowest BCUT2D eigenvalue weighted by molar-refractivity contribution is 0.0291. The standard InChI is InChI=1S/C12H22N2O3/c1-9(13)12(11-5-4-6-17-11)14(2)7-10(15)8-16-3/h4-6,9-10,12,15H,7-8,13H2,1-3H3. The van der Waals surface area contributed by atoms with Gasteiger partial charge in [-0.15, -0.1) is 0 Å². The van der Waals surface area contributed by atoms with Gasteiger partial charge in [0.1, 0.15) is 5.76 Å². The van der Waals surface area contributed by atoms with Crippen LogP contribution in [-0.2, 0) is 4.74 Å². The summed E-state index contributed by atoms with van der Waals surface area (Å²) in [6.45, 7) is 2.72. The minimum absolute atomic E-state index is 0.0449. The number of methoxy groups -OCH3 is 1. The SMILES string of the molecule is COCC(O)CN(C)C(c1ccco1)C(C)N. The maximum absolute atomic E-state index is 9.71. The highest BCUT2D eigenvalue weighted by molar-refractivity contribution is 5.07. The summed E-state index contributed by atoms with van der Waals surface area (Å²) >= 11 is 0. The van der Waals surface area contributed by atoms with Crippen LogP contribution in [0.15, 0.2) is 22.8 Å². The molecule has 5 nitrogen and oxygen atoms in total. The van der Waals surface area contributed by atoms with Gasteiger partial charge in [0.2, 0.25) is 0 Å². The van der Waals surface area contributed by atoms with Gasteiger partial charge in [0.25, 0.3) is 0 Å². The number of furan rings is 1. The molecule has 1 rings (SSSR count).